The summed E-state index contributed by atoms with van der Waals surface area (Å²) < 4.78 is 1.90. The summed E-state index contributed by atoms with van der Waals surface area (Å²) in [6.07, 6.45) is 12.8. The number of pyridine rings is 1. The molecule has 0 saturated heterocycles. The lowest BCUT2D eigenvalue weighted by atomic mass is 10.1. The molecule has 5 nitrogen and oxygen atoms in total. The summed E-state index contributed by atoms with van der Waals surface area (Å²) in [6.45, 7) is 0. The third-order valence-corrected chi connectivity index (χ3v) is 4.51. The van der Waals surface area contributed by atoms with Crippen LogP contribution in [0.4, 0.5) is 11.5 Å². The first-order chi connectivity index (χ1) is 14.1. The minimum absolute atomic E-state index is 0.220. The molecule has 0 aliphatic heterocycles. The zero-order valence-corrected chi connectivity index (χ0v) is 15.3. The van der Waals surface area contributed by atoms with Gasteiger partial charge in [-0.1, -0.05) is 24.0 Å². The molecule has 0 spiro atoms. The fourth-order valence-electron chi connectivity index (χ4n) is 3.01. The zero-order chi connectivity index (χ0) is 20.4. The first kappa shape index (κ1) is 17.9. The lowest BCUT2D eigenvalue weighted by Crippen LogP contribution is -1.99. The van der Waals surface area contributed by atoms with Gasteiger partial charge < -0.3 is 10.4 Å². The van der Waals surface area contributed by atoms with Crippen molar-refractivity contribution in [3.8, 4) is 35.9 Å². The topological polar surface area (TPSA) is 66.6 Å². The number of hydrogen-bond acceptors (Lipinski definition) is 3. The van der Waals surface area contributed by atoms with E-state index in [1.165, 1.54) is 0 Å². The van der Waals surface area contributed by atoms with E-state index < -0.39 is 5.97 Å². The molecule has 0 unspecified atom stereocenters. The van der Waals surface area contributed by atoms with Gasteiger partial charge >= 0.3 is 5.97 Å². The van der Waals surface area contributed by atoms with E-state index in [9.17, 15) is 4.79 Å². The van der Waals surface area contributed by atoms with E-state index in [4.69, 9.17) is 22.9 Å². The Bertz CT molecular complexity index is 1300. The lowest BCUT2D eigenvalue weighted by Gasteiger charge is -2.09. The molecule has 0 atom stereocenters. The maximum Gasteiger partial charge on any atom is 0.335 e. The second-order valence-corrected chi connectivity index (χ2v) is 6.33. The van der Waals surface area contributed by atoms with Crippen molar-refractivity contribution in [2.75, 3.05) is 5.32 Å². The highest BCUT2D eigenvalue weighted by atomic mass is 16.4. The minimum Gasteiger partial charge on any atom is -0.478 e. The van der Waals surface area contributed by atoms with E-state index in [2.05, 4.69) is 17.2 Å². The molecule has 0 fully saturated rings. The van der Waals surface area contributed by atoms with Crippen LogP contribution in [0.2, 0.25) is 0 Å². The summed E-state index contributed by atoms with van der Waals surface area (Å²) >= 11 is 0. The van der Waals surface area contributed by atoms with Crippen molar-refractivity contribution >= 4 is 23.1 Å². The van der Waals surface area contributed by atoms with Gasteiger partial charge in [0.25, 0.3) is 0 Å². The number of hydrogen-bond donors (Lipinski definition) is 2. The Morgan fingerprint density at radius 2 is 1.66 bits per heavy atom. The average molecular weight is 377 g/mol. The molecule has 5 heteroatoms. The van der Waals surface area contributed by atoms with Crippen LogP contribution < -0.4 is 5.32 Å². The first-order valence-electron chi connectivity index (χ1n) is 8.75. The molecule has 0 aliphatic carbocycles. The number of benzene rings is 2. The number of rotatable bonds is 4. The second kappa shape index (κ2) is 7.26. The number of aromatic carboxylic acids is 1. The number of carboxylic acid groups (broad SMARTS) is 1. The number of fused-ring (bicyclic) bond motifs is 1. The van der Waals surface area contributed by atoms with Gasteiger partial charge in [-0.2, -0.15) is 0 Å². The first-order valence-corrected chi connectivity index (χ1v) is 8.75. The number of nitrogens with one attached hydrogen (secondary N) is 1. The summed E-state index contributed by atoms with van der Waals surface area (Å²) in [7, 11) is 0. The molecular formula is C24H15N3O2. The predicted molar refractivity (Wildman–Crippen MR) is 113 cm³/mol. The van der Waals surface area contributed by atoms with Crippen LogP contribution in [0.1, 0.15) is 21.5 Å². The molecule has 0 saturated carbocycles. The normalized spacial score (nSPS) is 10.3. The van der Waals surface area contributed by atoms with Crippen LogP contribution >= 0.6 is 0 Å². The minimum atomic E-state index is -0.970. The van der Waals surface area contributed by atoms with Gasteiger partial charge in [-0.3, -0.25) is 4.40 Å². The third-order valence-electron chi connectivity index (χ3n) is 4.51. The highest BCUT2D eigenvalue weighted by molar-refractivity contribution is 5.88. The molecular weight excluding hydrogens is 362 g/mol. The number of aromatic nitrogens is 2. The molecule has 2 aromatic carbocycles. The molecule has 4 rings (SSSR count). The van der Waals surface area contributed by atoms with Gasteiger partial charge in [0.1, 0.15) is 17.2 Å². The number of carboxylic acids is 1. The number of imidazole rings is 1. The van der Waals surface area contributed by atoms with Crippen molar-refractivity contribution in [2.45, 2.75) is 0 Å². The largest absolute Gasteiger partial charge is 0.478 e. The SMILES string of the molecule is C#Cc1ccc(-c2nc3cc(C#C)ccn3c2Nc2ccc(C(=O)O)cc2)cc1. The molecule has 0 radical (unpaired) electrons. The van der Waals surface area contributed by atoms with Gasteiger partial charge in [-0.05, 0) is 48.5 Å². The van der Waals surface area contributed by atoms with Gasteiger partial charge in [0.15, 0.2) is 0 Å². The molecule has 2 heterocycles. The van der Waals surface area contributed by atoms with Crippen molar-refractivity contribution < 1.29 is 9.90 Å². The molecule has 4 aromatic rings. The van der Waals surface area contributed by atoms with Crippen LogP contribution in [0.25, 0.3) is 16.9 Å². The van der Waals surface area contributed by atoms with Gasteiger partial charge in [-0.15, -0.1) is 12.8 Å². The highest BCUT2D eigenvalue weighted by Crippen LogP contribution is 2.31. The maximum absolute atomic E-state index is 11.1. The summed E-state index contributed by atoms with van der Waals surface area (Å²) in [5.74, 6) is 4.99. The van der Waals surface area contributed by atoms with E-state index in [1.807, 2.05) is 47.0 Å². The van der Waals surface area contributed by atoms with Crippen LogP contribution in [-0.4, -0.2) is 20.5 Å². The Balaban J connectivity index is 1.84. The molecule has 0 bridgehead atoms. The van der Waals surface area contributed by atoms with Crippen LogP contribution in [0.5, 0.6) is 0 Å². The van der Waals surface area contributed by atoms with Crippen LogP contribution in [0, 0.1) is 24.7 Å². The van der Waals surface area contributed by atoms with E-state index in [0.29, 0.717) is 5.65 Å². The van der Waals surface area contributed by atoms with Gasteiger partial charge in [0, 0.05) is 28.6 Å². The van der Waals surface area contributed by atoms with Crippen LogP contribution in [0.3, 0.4) is 0 Å². The molecule has 2 N–H and O–H groups in total. The molecule has 0 amide bonds. The van der Waals surface area contributed by atoms with E-state index in [-0.39, 0.29) is 5.56 Å². The Morgan fingerprint density at radius 1 is 0.966 bits per heavy atom. The van der Waals surface area contributed by atoms with Crippen molar-refractivity contribution in [1.29, 1.82) is 0 Å². The quantitative estimate of drug-likeness (QED) is 0.517. The predicted octanol–water partition coefficient (Wildman–Crippen LogP) is 4.41. The standard InChI is InChI=1S/C24H15N3O2/c1-3-16-5-7-18(8-6-16)22-23(25-20-11-9-19(10-12-20)24(28)29)27-14-13-17(4-2)15-21(27)26-22/h1-2,5-15,25H,(H,28,29). The van der Waals surface area contributed by atoms with E-state index in [0.717, 1.165) is 33.9 Å². The fraction of sp³-hybridized carbons (Fsp3) is 0. The average Bonchev–Trinajstić information content (AvgIpc) is 3.11. The number of terminal acetylenes is 2. The zero-order valence-electron chi connectivity index (χ0n) is 15.3. The summed E-state index contributed by atoms with van der Waals surface area (Å²) in [4.78, 5) is 15.8. The summed E-state index contributed by atoms with van der Waals surface area (Å²) in [5.41, 5.74) is 4.78. The molecule has 2 aromatic heterocycles. The van der Waals surface area contributed by atoms with Gasteiger partial charge in [0.2, 0.25) is 0 Å². The third kappa shape index (κ3) is 3.41. The number of nitrogens with zero attached hydrogens (tertiary/aromatic N) is 2. The lowest BCUT2D eigenvalue weighted by molar-refractivity contribution is 0.0697. The van der Waals surface area contributed by atoms with Crippen molar-refractivity contribution in [3.05, 3.63) is 83.6 Å². The fourth-order valence-corrected chi connectivity index (χ4v) is 3.01. The second-order valence-electron chi connectivity index (χ2n) is 6.33. The Morgan fingerprint density at radius 3 is 2.28 bits per heavy atom. The van der Waals surface area contributed by atoms with Crippen LogP contribution in [0.15, 0.2) is 66.9 Å². The number of anilines is 2. The van der Waals surface area contributed by atoms with Crippen molar-refractivity contribution in [3.63, 3.8) is 0 Å². The van der Waals surface area contributed by atoms with Crippen LogP contribution in [-0.2, 0) is 0 Å². The smallest absolute Gasteiger partial charge is 0.335 e. The Hall–Kier alpha value is -4.48. The summed E-state index contributed by atoms with van der Waals surface area (Å²) in [5, 5.41) is 12.4. The Labute approximate surface area is 167 Å². The molecule has 138 valence electrons. The maximum atomic E-state index is 11.1. The highest BCUT2D eigenvalue weighted by Gasteiger charge is 2.15. The van der Waals surface area contributed by atoms with E-state index >= 15 is 0 Å². The van der Waals surface area contributed by atoms with Crippen molar-refractivity contribution in [1.82, 2.24) is 9.38 Å². The van der Waals surface area contributed by atoms with Gasteiger partial charge in [-0.25, -0.2) is 9.78 Å². The van der Waals surface area contributed by atoms with E-state index in [1.54, 1.807) is 24.3 Å². The van der Waals surface area contributed by atoms with Gasteiger partial charge in [0.05, 0.1) is 5.56 Å². The number of carbonyl (C=O) groups is 1. The summed E-state index contributed by atoms with van der Waals surface area (Å²) in [6, 6.07) is 17.7. The Kier molecular flexibility index (Phi) is 4.49. The molecule has 0 aliphatic rings. The molecule has 29 heavy (non-hydrogen) atoms. The van der Waals surface area contributed by atoms with Crippen molar-refractivity contribution in [2.24, 2.45) is 0 Å². The monoisotopic (exact) mass is 377 g/mol.